The highest BCUT2D eigenvalue weighted by Crippen LogP contribution is 2.35. The van der Waals surface area contributed by atoms with Crippen molar-refractivity contribution in [1.82, 2.24) is 5.32 Å². The largest absolute Gasteiger partial charge is 0.397 e. The van der Waals surface area contributed by atoms with Gasteiger partial charge in [-0.1, -0.05) is 18.2 Å². The molecule has 0 aliphatic carbocycles. The van der Waals surface area contributed by atoms with E-state index < -0.39 is 6.10 Å². The number of carbonyl (C=O) groups is 1. The molecular weight excluding hydrogens is 272 g/mol. The lowest BCUT2D eigenvalue weighted by Gasteiger charge is -2.14. The number of aliphatic hydroxyl groups is 1. The number of carbonyl (C=O) groups excluding carboxylic acids is 1. The summed E-state index contributed by atoms with van der Waals surface area (Å²) in [6, 6.07) is 5.80. The molecule has 0 bridgehead atoms. The number of nitrogens with one attached hydrogen (secondary N) is 1. The zero-order chi connectivity index (χ0) is 14.9. The maximum Gasteiger partial charge on any atom is 0.263 e. The first-order chi connectivity index (χ1) is 9.40. The van der Waals surface area contributed by atoms with Crippen molar-refractivity contribution in [2.75, 3.05) is 5.73 Å². The number of fused-ring (bicyclic) bond motifs is 1. The van der Waals surface area contributed by atoms with Crippen LogP contribution in [0.4, 0.5) is 5.69 Å². The predicted molar refractivity (Wildman–Crippen MR) is 84.2 cm³/mol. The number of nitrogen functional groups attached to an aromatic ring is 1. The fraction of sp³-hybridized carbons (Fsp3) is 0.400. The van der Waals surface area contributed by atoms with E-state index in [4.69, 9.17) is 5.73 Å². The number of anilines is 1. The Labute approximate surface area is 122 Å². The molecule has 0 saturated carbocycles. The molecule has 2 rings (SSSR count). The Hall–Kier alpha value is -1.59. The molecule has 0 fully saturated rings. The quantitative estimate of drug-likeness (QED) is 0.811. The van der Waals surface area contributed by atoms with Gasteiger partial charge in [0.15, 0.2) is 0 Å². The fourth-order valence-corrected chi connectivity index (χ4v) is 3.40. The van der Waals surface area contributed by atoms with Gasteiger partial charge in [-0.3, -0.25) is 4.79 Å². The number of amides is 1. The molecule has 1 heterocycles. The summed E-state index contributed by atoms with van der Waals surface area (Å²) in [6.07, 6.45) is 0.0857. The molecule has 2 unspecified atom stereocenters. The Morgan fingerprint density at radius 1 is 1.45 bits per heavy atom. The minimum Gasteiger partial charge on any atom is -0.397 e. The van der Waals surface area contributed by atoms with Gasteiger partial charge in [0.1, 0.15) is 4.88 Å². The number of aryl methyl sites for hydroxylation is 1. The van der Waals surface area contributed by atoms with Crippen molar-refractivity contribution in [2.24, 2.45) is 0 Å². The highest BCUT2D eigenvalue weighted by atomic mass is 32.1. The third-order valence-electron chi connectivity index (χ3n) is 3.23. The van der Waals surface area contributed by atoms with Gasteiger partial charge in [-0.25, -0.2) is 0 Å². The zero-order valence-electron chi connectivity index (χ0n) is 11.9. The van der Waals surface area contributed by atoms with E-state index in [1.165, 1.54) is 11.3 Å². The van der Waals surface area contributed by atoms with Crippen LogP contribution in [-0.2, 0) is 0 Å². The van der Waals surface area contributed by atoms with Crippen LogP contribution in [0, 0.1) is 6.92 Å². The van der Waals surface area contributed by atoms with Crippen LogP contribution >= 0.6 is 11.3 Å². The van der Waals surface area contributed by atoms with Crippen LogP contribution in [-0.4, -0.2) is 23.2 Å². The van der Waals surface area contributed by atoms with Crippen LogP contribution in [0.15, 0.2) is 18.2 Å². The maximum absolute atomic E-state index is 12.3. The number of benzene rings is 1. The third-order valence-corrected chi connectivity index (χ3v) is 4.58. The van der Waals surface area contributed by atoms with Crippen molar-refractivity contribution < 1.29 is 9.90 Å². The fourth-order valence-electron chi connectivity index (χ4n) is 2.31. The van der Waals surface area contributed by atoms with E-state index in [0.717, 1.165) is 15.6 Å². The van der Waals surface area contributed by atoms with E-state index >= 15 is 0 Å². The van der Waals surface area contributed by atoms with E-state index in [2.05, 4.69) is 5.32 Å². The summed E-state index contributed by atoms with van der Waals surface area (Å²) >= 11 is 1.42. The summed E-state index contributed by atoms with van der Waals surface area (Å²) in [4.78, 5) is 12.8. The minimum absolute atomic E-state index is 0.0896. The van der Waals surface area contributed by atoms with Crippen LogP contribution in [0.1, 0.15) is 35.5 Å². The summed E-state index contributed by atoms with van der Waals surface area (Å²) in [6.45, 7) is 5.59. The predicted octanol–water partition coefficient (Wildman–Crippen LogP) is 2.68. The van der Waals surface area contributed by atoms with E-state index in [1.807, 2.05) is 32.0 Å². The molecular formula is C15H20N2O2S. The Morgan fingerprint density at radius 3 is 2.75 bits per heavy atom. The molecule has 0 saturated heterocycles. The Bertz CT molecular complexity index is 634. The van der Waals surface area contributed by atoms with Gasteiger partial charge in [-0.15, -0.1) is 11.3 Å². The average Bonchev–Trinajstić information content (AvgIpc) is 2.67. The smallest absolute Gasteiger partial charge is 0.263 e. The number of nitrogens with two attached hydrogens (primary N) is 1. The second-order valence-corrected chi connectivity index (χ2v) is 6.28. The molecule has 4 N–H and O–H groups in total. The lowest BCUT2D eigenvalue weighted by atomic mass is 10.1. The Morgan fingerprint density at radius 2 is 2.15 bits per heavy atom. The molecule has 0 radical (unpaired) electrons. The lowest BCUT2D eigenvalue weighted by molar-refractivity contribution is 0.0928. The molecule has 0 aliphatic heterocycles. The van der Waals surface area contributed by atoms with Gasteiger partial charge < -0.3 is 16.2 Å². The molecule has 1 aromatic carbocycles. The van der Waals surface area contributed by atoms with Crippen molar-refractivity contribution >= 4 is 33.0 Å². The first-order valence-electron chi connectivity index (χ1n) is 6.66. The van der Waals surface area contributed by atoms with Gasteiger partial charge >= 0.3 is 0 Å². The molecule has 20 heavy (non-hydrogen) atoms. The third kappa shape index (κ3) is 2.94. The molecule has 0 spiro atoms. The topological polar surface area (TPSA) is 75.4 Å². The summed E-state index contributed by atoms with van der Waals surface area (Å²) < 4.78 is 1.05. The second-order valence-electron chi connectivity index (χ2n) is 5.26. The van der Waals surface area contributed by atoms with Crippen molar-refractivity contribution in [3.8, 4) is 0 Å². The van der Waals surface area contributed by atoms with Gasteiger partial charge in [-0.05, 0) is 32.8 Å². The lowest BCUT2D eigenvalue weighted by Crippen LogP contribution is -2.34. The molecule has 108 valence electrons. The Balaban J connectivity index is 2.27. The normalized spacial score (nSPS) is 14.2. The van der Waals surface area contributed by atoms with Crippen LogP contribution < -0.4 is 11.1 Å². The summed E-state index contributed by atoms with van der Waals surface area (Å²) in [5.41, 5.74) is 7.74. The van der Waals surface area contributed by atoms with E-state index in [-0.39, 0.29) is 11.9 Å². The van der Waals surface area contributed by atoms with Crippen LogP contribution in [0.2, 0.25) is 0 Å². The number of hydrogen-bond acceptors (Lipinski definition) is 4. The molecule has 1 aromatic heterocycles. The van der Waals surface area contributed by atoms with Crippen molar-refractivity contribution in [1.29, 1.82) is 0 Å². The highest BCUT2D eigenvalue weighted by molar-refractivity contribution is 7.21. The minimum atomic E-state index is -0.438. The number of aliphatic hydroxyl groups excluding tert-OH is 1. The van der Waals surface area contributed by atoms with Crippen LogP contribution in [0.3, 0.4) is 0 Å². The van der Waals surface area contributed by atoms with Crippen LogP contribution in [0.5, 0.6) is 0 Å². The van der Waals surface area contributed by atoms with E-state index in [0.29, 0.717) is 17.0 Å². The Kier molecular flexibility index (Phi) is 4.30. The average molecular weight is 292 g/mol. The second kappa shape index (κ2) is 5.81. The van der Waals surface area contributed by atoms with Gasteiger partial charge in [0.25, 0.3) is 5.91 Å². The van der Waals surface area contributed by atoms with Gasteiger partial charge in [-0.2, -0.15) is 0 Å². The summed E-state index contributed by atoms with van der Waals surface area (Å²) in [5.74, 6) is -0.170. The summed E-state index contributed by atoms with van der Waals surface area (Å²) in [5, 5.41) is 13.2. The van der Waals surface area contributed by atoms with Gasteiger partial charge in [0.05, 0.1) is 11.8 Å². The number of rotatable bonds is 4. The molecule has 0 aliphatic rings. The van der Waals surface area contributed by atoms with Crippen LogP contribution in [0.25, 0.3) is 10.1 Å². The van der Waals surface area contributed by atoms with Crippen molar-refractivity contribution in [3.05, 3.63) is 28.6 Å². The molecule has 2 aromatic rings. The highest BCUT2D eigenvalue weighted by Gasteiger charge is 2.19. The van der Waals surface area contributed by atoms with E-state index in [9.17, 15) is 9.90 Å². The molecule has 4 nitrogen and oxygen atoms in total. The zero-order valence-corrected chi connectivity index (χ0v) is 12.8. The van der Waals surface area contributed by atoms with Gasteiger partial charge in [0.2, 0.25) is 0 Å². The maximum atomic E-state index is 12.3. The molecule has 2 atom stereocenters. The SMILES string of the molecule is Cc1cccc2c(N)c(C(=O)NC(C)CC(C)O)sc12. The summed E-state index contributed by atoms with van der Waals surface area (Å²) in [7, 11) is 0. The standard InChI is InChI=1S/C15H20N2O2S/c1-8-5-4-6-11-12(16)14(20-13(8)11)15(19)17-9(2)7-10(3)18/h4-6,9-10,18H,7,16H2,1-3H3,(H,17,19). The van der Waals surface area contributed by atoms with Crippen molar-refractivity contribution in [3.63, 3.8) is 0 Å². The molecule has 5 heteroatoms. The molecule has 1 amide bonds. The van der Waals surface area contributed by atoms with Crippen molar-refractivity contribution in [2.45, 2.75) is 39.3 Å². The first kappa shape index (κ1) is 14.8. The number of thiophene rings is 1. The first-order valence-corrected chi connectivity index (χ1v) is 7.48. The number of hydrogen-bond donors (Lipinski definition) is 3. The van der Waals surface area contributed by atoms with E-state index in [1.54, 1.807) is 6.92 Å². The van der Waals surface area contributed by atoms with Gasteiger partial charge in [0, 0.05) is 16.1 Å². The monoisotopic (exact) mass is 292 g/mol.